The van der Waals surface area contributed by atoms with Crippen molar-refractivity contribution in [1.82, 2.24) is 9.97 Å². The Morgan fingerprint density at radius 2 is 1.83 bits per heavy atom. The summed E-state index contributed by atoms with van der Waals surface area (Å²) in [4.78, 5) is 8.36. The highest BCUT2D eigenvalue weighted by molar-refractivity contribution is 14.1. The van der Waals surface area contributed by atoms with E-state index in [0.717, 1.165) is 15.0 Å². The van der Waals surface area contributed by atoms with E-state index in [1.807, 2.05) is 18.2 Å². The molecule has 94 valence electrons. The minimum absolute atomic E-state index is 0.516. The molecule has 2 rings (SSSR count). The molecule has 5 nitrogen and oxygen atoms in total. The van der Waals surface area contributed by atoms with Crippen molar-refractivity contribution in [3.63, 3.8) is 0 Å². The summed E-state index contributed by atoms with van der Waals surface area (Å²) in [6.45, 7) is 0. The Morgan fingerprint density at radius 1 is 1.11 bits per heavy atom. The van der Waals surface area contributed by atoms with E-state index in [1.165, 1.54) is 0 Å². The van der Waals surface area contributed by atoms with Gasteiger partial charge in [0.05, 0.1) is 19.9 Å². The summed E-state index contributed by atoms with van der Waals surface area (Å²) < 4.78 is 11.4. The highest BCUT2D eigenvalue weighted by atomic mass is 127. The van der Waals surface area contributed by atoms with Crippen LogP contribution in [0.4, 0.5) is 11.6 Å². The average Bonchev–Trinajstić information content (AvgIpc) is 2.41. The Morgan fingerprint density at radius 3 is 2.44 bits per heavy atom. The van der Waals surface area contributed by atoms with Gasteiger partial charge in [0.1, 0.15) is 11.5 Å². The maximum Gasteiger partial charge on any atom is 0.227 e. The Hall–Kier alpha value is -1.57. The molecular formula is C12H12IN3O2. The number of halogens is 1. The van der Waals surface area contributed by atoms with E-state index in [2.05, 4.69) is 37.9 Å². The number of nitrogens with one attached hydrogen (secondary N) is 1. The summed E-state index contributed by atoms with van der Waals surface area (Å²) in [5, 5.41) is 3.09. The summed E-state index contributed by atoms with van der Waals surface area (Å²) >= 11 is 2.16. The van der Waals surface area contributed by atoms with Gasteiger partial charge in [-0.15, -0.1) is 0 Å². The van der Waals surface area contributed by atoms with Crippen LogP contribution in [0.1, 0.15) is 0 Å². The molecule has 0 unspecified atom stereocenters. The smallest absolute Gasteiger partial charge is 0.227 e. The molecule has 0 radical (unpaired) electrons. The van der Waals surface area contributed by atoms with Gasteiger partial charge in [-0.1, -0.05) is 0 Å². The second kappa shape index (κ2) is 5.85. The summed E-state index contributed by atoms with van der Waals surface area (Å²) in [5.41, 5.74) is 0.762. The lowest BCUT2D eigenvalue weighted by molar-refractivity contribution is 0.405. The predicted octanol–water partition coefficient (Wildman–Crippen LogP) is 2.84. The van der Waals surface area contributed by atoms with Gasteiger partial charge in [0.2, 0.25) is 5.95 Å². The van der Waals surface area contributed by atoms with Crippen LogP contribution in [-0.2, 0) is 0 Å². The van der Waals surface area contributed by atoms with Gasteiger partial charge in [-0.05, 0) is 34.7 Å². The molecular weight excluding hydrogens is 345 g/mol. The number of anilines is 2. The Bertz CT molecular complexity index is 531. The zero-order valence-corrected chi connectivity index (χ0v) is 12.1. The summed E-state index contributed by atoms with van der Waals surface area (Å²) in [6.07, 6.45) is 3.48. The fraction of sp³-hybridized carbons (Fsp3) is 0.167. The third kappa shape index (κ3) is 3.00. The van der Waals surface area contributed by atoms with Crippen LogP contribution in [0.3, 0.4) is 0 Å². The van der Waals surface area contributed by atoms with Gasteiger partial charge in [0.25, 0.3) is 0 Å². The average molecular weight is 357 g/mol. The first-order chi connectivity index (χ1) is 8.72. The third-order valence-electron chi connectivity index (χ3n) is 2.27. The molecule has 0 aliphatic carbocycles. The summed E-state index contributed by atoms with van der Waals surface area (Å²) in [5.74, 6) is 1.96. The molecule has 6 heteroatoms. The fourth-order valence-corrected chi connectivity index (χ4v) is 1.69. The Labute approximate surface area is 119 Å². The van der Waals surface area contributed by atoms with Crippen molar-refractivity contribution < 1.29 is 9.47 Å². The number of methoxy groups -OCH3 is 2. The lowest BCUT2D eigenvalue weighted by atomic mass is 10.2. The Balaban J connectivity index is 2.29. The number of rotatable bonds is 4. The molecule has 0 bridgehead atoms. The number of nitrogens with zero attached hydrogens (tertiary/aromatic N) is 2. The maximum atomic E-state index is 5.27. The largest absolute Gasteiger partial charge is 0.497 e. The molecule has 0 aliphatic heterocycles. The van der Waals surface area contributed by atoms with E-state index in [4.69, 9.17) is 9.47 Å². The van der Waals surface area contributed by atoms with Crippen LogP contribution < -0.4 is 14.8 Å². The van der Waals surface area contributed by atoms with Crippen molar-refractivity contribution in [2.75, 3.05) is 19.5 Å². The van der Waals surface area contributed by atoms with Gasteiger partial charge < -0.3 is 14.8 Å². The molecule has 0 aliphatic rings. The highest BCUT2D eigenvalue weighted by Crippen LogP contribution is 2.30. The monoisotopic (exact) mass is 357 g/mol. The molecule has 1 N–H and O–H groups in total. The first-order valence-corrected chi connectivity index (χ1v) is 6.27. The molecule has 0 amide bonds. The molecule has 0 saturated heterocycles. The van der Waals surface area contributed by atoms with Crippen LogP contribution in [0.2, 0.25) is 0 Å². The number of benzene rings is 1. The molecule has 1 aromatic heterocycles. The van der Waals surface area contributed by atoms with Gasteiger partial charge >= 0.3 is 0 Å². The van der Waals surface area contributed by atoms with Gasteiger partial charge in [0, 0.05) is 22.0 Å². The van der Waals surface area contributed by atoms with Gasteiger partial charge in [0.15, 0.2) is 0 Å². The number of ether oxygens (including phenoxy) is 2. The number of hydrogen-bond donors (Lipinski definition) is 1. The maximum absolute atomic E-state index is 5.27. The summed E-state index contributed by atoms with van der Waals surface area (Å²) in [7, 11) is 3.23. The van der Waals surface area contributed by atoms with Crippen LogP contribution in [0.15, 0.2) is 30.6 Å². The summed E-state index contributed by atoms with van der Waals surface area (Å²) in [6, 6.07) is 5.49. The fourth-order valence-electron chi connectivity index (χ4n) is 1.41. The van der Waals surface area contributed by atoms with Crippen LogP contribution in [0, 0.1) is 3.57 Å². The first kappa shape index (κ1) is 12.9. The number of hydrogen-bond acceptors (Lipinski definition) is 5. The molecule has 0 spiro atoms. The normalized spacial score (nSPS) is 9.94. The van der Waals surface area contributed by atoms with Crippen molar-refractivity contribution in [3.05, 3.63) is 34.2 Å². The molecule has 2 aromatic rings. The molecule has 0 atom stereocenters. The molecule has 1 heterocycles. The van der Waals surface area contributed by atoms with Crippen molar-refractivity contribution >= 4 is 34.2 Å². The SMILES string of the molecule is COc1ccc(OC)c(Nc2ncc(I)cn2)c1. The molecule has 1 aromatic carbocycles. The van der Waals surface area contributed by atoms with E-state index in [0.29, 0.717) is 11.7 Å². The topological polar surface area (TPSA) is 56.3 Å². The van der Waals surface area contributed by atoms with Crippen molar-refractivity contribution in [2.24, 2.45) is 0 Å². The van der Waals surface area contributed by atoms with Crippen molar-refractivity contribution in [3.8, 4) is 11.5 Å². The lowest BCUT2D eigenvalue weighted by Crippen LogP contribution is -1.99. The minimum atomic E-state index is 0.516. The van der Waals surface area contributed by atoms with Crippen LogP contribution >= 0.6 is 22.6 Å². The van der Waals surface area contributed by atoms with Crippen molar-refractivity contribution in [2.45, 2.75) is 0 Å². The van der Waals surface area contributed by atoms with Gasteiger partial charge in [-0.25, -0.2) is 9.97 Å². The van der Waals surface area contributed by atoms with E-state index >= 15 is 0 Å². The van der Waals surface area contributed by atoms with Crippen LogP contribution in [-0.4, -0.2) is 24.2 Å². The Kier molecular flexibility index (Phi) is 4.19. The van der Waals surface area contributed by atoms with E-state index in [-0.39, 0.29) is 0 Å². The molecule has 18 heavy (non-hydrogen) atoms. The quantitative estimate of drug-likeness (QED) is 0.853. The second-order valence-corrected chi connectivity index (χ2v) is 4.66. The van der Waals surface area contributed by atoms with Crippen molar-refractivity contribution in [1.29, 1.82) is 0 Å². The standard InChI is InChI=1S/C12H12IN3O2/c1-17-9-3-4-11(18-2)10(5-9)16-12-14-6-8(13)7-15-12/h3-7H,1-2H3,(H,14,15,16). The lowest BCUT2D eigenvalue weighted by Gasteiger charge is -2.11. The number of aromatic nitrogens is 2. The zero-order valence-electron chi connectivity index (χ0n) is 9.98. The molecule has 0 fully saturated rings. The molecule has 0 saturated carbocycles. The first-order valence-electron chi connectivity index (χ1n) is 5.19. The predicted molar refractivity (Wildman–Crippen MR) is 77.6 cm³/mol. The van der Waals surface area contributed by atoms with Crippen LogP contribution in [0.25, 0.3) is 0 Å². The van der Waals surface area contributed by atoms with Gasteiger partial charge in [-0.3, -0.25) is 0 Å². The zero-order chi connectivity index (χ0) is 13.0. The van der Waals surface area contributed by atoms with E-state index < -0.39 is 0 Å². The second-order valence-electron chi connectivity index (χ2n) is 3.42. The van der Waals surface area contributed by atoms with Crippen LogP contribution in [0.5, 0.6) is 11.5 Å². The van der Waals surface area contributed by atoms with E-state index in [9.17, 15) is 0 Å². The highest BCUT2D eigenvalue weighted by Gasteiger charge is 2.06. The van der Waals surface area contributed by atoms with Gasteiger partial charge in [-0.2, -0.15) is 0 Å². The third-order valence-corrected chi connectivity index (χ3v) is 2.83. The minimum Gasteiger partial charge on any atom is -0.497 e. The van der Waals surface area contributed by atoms with E-state index in [1.54, 1.807) is 26.6 Å².